The molecule has 1 heterocycles. The van der Waals surface area contributed by atoms with Crippen LogP contribution in [0.1, 0.15) is 17.0 Å². The predicted octanol–water partition coefficient (Wildman–Crippen LogP) is 3.43. The lowest BCUT2D eigenvalue weighted by Crippen LogP contribution is -2.27. The molecular weight excluding hydrogens is 286 g/mol. The molecular formula is C19H21N3O. The predicted molar refractivity (Wildman–Crippen MR) is 95.1 cm³/mol. The SMILES string of the molecule is Cc1ccc(NCCn2c(C)nc3ccccc3c2=O)c(C)c1. The third-order valence-corrected chi connectivity index (χ3v) is 4.09. The smallest absolute Gasteiger partial charge is 0.261 e. The number of hydrogen-bond donors (Lipinski definition) is 1. The molecule has 4 heteroatoms. The zero-order valence-electron chi connectivity index (χ0n) is 13.8. The molecule has 1 aromatic heterocycles. The third-order valence-electron chi connectivity index (χ3n) is 4.09. The summed E-state index contributed by atoms with van der Waals surface area (Å²) in [5.74, 6) is 0.746. The van der Waals surface area contributed by atoms with Crippen molar-refractivity contribution < 1.29 is 0 Å². The minimum Gasteiger partial charge on any atom is -0.383 e. The van der Waals surface area contributed by atoms with E-state index in [2.05, 4.69) is 42.3 Å². The van der Waals surface area contributed by atoms with E-state index in [4.69, 9.17) is 0 Å². The second-order valence-corrected chi connectivity index (χ2v) is 5.88. The summed E-state index contributed by atoms with van der Waals surface area (Å²) >= 11 is 0. The first-order valence-electron chi connectivity index (χ1n) is 7.83. The van der Waals surface area contributed by atoms with Crippen LogP contribution in [0.5, 0.6) is 0 Å². The van der Waals surface area contributed by atoms with Crippen molar-refractivity contribution in [1.82, 2.24) is 9.55 Å². The van der Waals surface area contributed by atoms with Gasteiger partial charge in [0.05, 0.1) is 10.9 Å². The molecule has 2 aromatic carbocycles. The Morgan fingerprint density at radius 2 is 1.87 bits per heavy atom. The minimum atomic E-state index is 0.0236. The van der Waals surface area contributed by atoms with E-state index in [9.17, 15) is 4.79 Å². The molecule has 1 N–H and O–H groups in total. The molecule has 0 aliphatic carbocycles. The summed E-state index contributed by atoms with van der Waals surface area (Å²) in [4.78, 5) is 17.1. The Hall–Kier alpha value is -2.62. The van der Waals surface area contributed by atoms with Crippen molar-refractivity contribution in [3.63, 3.8) is 0 Å². The zero-order valence-corrected chi connectivity index (χ0v) is 13.8. The van der Waals surface area contributed by atoms with Gasteiger partial charge in [0.1, 0.15) is 5.82 Å². The van der Waals surface area contributed by atoms with Crippen molar-refractivity contribution >= 4 is 16.6 Å². The van der Waals surface area contributed by atoms with E-state index in [-0.39, 0.29) is 5.56 Å². The maximum absolute atomic E-state index is 12.6. The summed E-state index contributed by atoms with van der Waals surface area (Å²) in [7, 11) is 0. The molecule has 0 amide bonds. The van der Waals surface area contributed by atoms with Gasteiger partial charge >= 0.3 is 0 Å². The molecule has 0 aliphatic heterocycles. The normalized spacial score (nSPS) is 10.9. The van der Waals surface area contributed by atoms with E-state index >= 15 is 0 Å². The Labute approximate surface area is 135 Å². The van der Waals surface area contributed by atoms with Gasteiger partial charge in [-0.3, -0.25) is 9.36 Å². The maximum Gasteiger partial charge on any atom is 0.261 e. The van der Waals surface area contributed by atoms with E-state index in [1.165, 1.54) is 11.1 Å². The Balaban J connectivity index is 1.81. The van der Waals surface area contributed by atoms with Gasteiger partial charge in [-0.25, -0.2) is 4.98 Å². The van der Waals surface area contributed by atoms with Crippen LogP contribution in [0.4, 0.5) is 5.69 Å². The highest BCUT2D eigenvalue weighted by Gasteiger charge is 2.07. The lowest BCUT2D eigenvalue weighted by molar-refractivity contribution is 0.662. The van der Waals surface area contributed by atoms with Gasteiger partial charge in [-0.2, -0.15) is 0 Å². The number of aryl methyl sites for hydroxylation is 3. The number of aromatic nitrogens is 2. The number of rotatable bonds is 4. The lowest BCUT2D eigenvalue weighted by atomic mass is 10.1. The van der Waals surface area contributed by atoms with Crippen LogP contribution < -0.4 is 10.9 Å². The van der Waals surface area contributed by atoms with Gasteiger partial charge in [0, 0.05) is 18.8 Å². The number of fused-ring (bicyclic) bond motifs is 1. The average molecular weight is 307 g/mol. The molecule has 23 heavy (non-hydrogen) atoms. The minimum absolute atomic E-state index is 0.0236. The van der Waals surface area contributed by atoms with Crippen molar-refractivity contribution in [3.8, 4) is 0 Å². The van der Waals surface area contributed by atoms with E-state index in [1.54, 1.807) is 4.57 Å². The van der Waals surface area contributed by atoms with Crippen LogP contribution in [0.15, 0.2) is 47.3 Å². The van der Waals surface area contributed by atoms with Gasteiger partial charge in [0.25, 0.3) is 5.56 Å². The standard InChI is InChI=1S/C19H21N3O/c1-13-8-9-17(14(2)12-13)20-10-11-22-15(3)21-18-7-5-4-6-16(18)19(22)23/h4-9,12,20H,10-11H2,1-3H3. The van der Waals surface area contributed by atoms with Gasteiger partial charge in [-0.05, 0) is 44.5 Å². The van der Waals surface area contributed by atoms with Crippen LogP contribution >= 0.6 is 0 Å². The largest absolute Gasteiger partial charge is 0.383 e. The van der Waals surface area contributed by atoms with Crippen LogP contribution in [-0.2, 0) is 6.54 Å². The van der Waals surface area contributed by atoms with Crippen molar-refractivity contribution in [3.05, 3.63) is 69.8 Å². The summed E-state index contributed by atoms with van der Waals surface area (Å²) in [5, 5.41) is 4.07. The molecule has 3 aromatic rings. The highest BCUT2D eigenvalue weighted by molar-refractivity contribution is 5.77. The number of anilines is 1. The first kappa shape index (κ1) is 15.3. The lowest BCUT2D eigenvalue weighted by Gasteiger charge is -2.13. The number of nitrogens with one attached hydrogen (secondary N) is 1. The van der Waals surface area contributed by atoms with Crippen LogP contribution in [0.3, 0.4) is 0 Å². The Morgan fingerprint density at radius 1 is 1.09 bits per heavy atom. The topological polar surface area (TPSA) is 46.9 Å². The van der Waals surface area contributed by atoms with Crippen LogP contribution in [0.2, 0.25) is 0 Å². The summed E-state index contributed by atoms with van der Waals surface area (Å²) < 4.78 is 1.73. The zero-order chi connectivity index (χ0) is 16.4. The molecule has 4 nitrogen and oxygen atoms in total. The number of nitrogens with zero attached hydrogens (tertiary/aromatic N) is 2. The first-order valence-corrected chi connectivity index (χ1v) is 7.83. The number of para-hydroxylation sites is 1. The second kappa shape index (κ2) is 6.24. The van der Waals surface area contributed by atoms with Crippen LogP contribution in [0.25, 0.3) is 10.9 Å². The molecule has 118 valence electrons. The molecule has 0 fully saturated rings. The molecule has 0 aliphatic rings. The molecule has 0 saturated carbocycles. The van der Waals surface area contributed by atoms with Gasteiger partial charge in [-0.1, -0.05) is 29.8 Å². The quantitative estimate of drug-likeness (QED) is 0.803. The summed E-state index contributed by atoms with van der Waals surface area (Å²) in [6.07, 6.45) is 0. The molecule has 0 atom stereocenters. The summed E-state index contributed by atoms with van der Waals surface area (Å²) in [6, 6.07) is 13.8. The van der Waals surface area contributed by atoms with Crippen LogP contribution in [-0.4, -0.2) is 16.1 Å². The molecule has 0 spiro atoms. The van der Waals surface area contributed by atoms with Crippen molar-refractivity contribution in [1.29, 1.82) is 0 Å². The highest BCUT2D eigenvalue weighted by Crippen LogP contribution is 2.15. The van der Waals surface area contributed by atoms with E-state index in [0.29, 0.717) is 18.5 Å². The fourth-order valence-electron chi connectivity index (χ4n) is 2.86. The third kappa shape index (κ3) is 3.11. The van der Waals surface area contributed by atoms with Gasteiger partial charge < -0.3 is 5.32 Å². The van der Waals surface area contributed by atoms with E-state index in [0.717, 1.165) is 17.0 Å². The number of benzene rings is 2. The van der Waals surface area contributed by atoms with Crippen molar-refractivity contribution in [2.75, 3.05) is 11.9 Å². The monoisotopic (exact) mass is 307 g/mol. The van der Waals surface area contributed by atoms with E-state index < -0.39 is 0 Å². The second-order valence-electron chi connectivity index (χ2n) is 5.88. The molecule has 3 rings (SSSR count). The molecule has 0 unspecified atom stereocenters. The van der Waals surface area contributed by atoms with Gasteiger partial charge in [-0.15, -0.1) is 0 Å². The first-order chi connectivity index (χ1) is 11.1. The van der Waals surface area contributed by atoms with Crippen molar-refractivity contribution in [2.24, 2.45) is 0 Å². The highest BCUT2D eigenvalue weighted by atomic mass is 16.1. The fraction of sp³-hybridized carbons (Fsp3) is 0.263. The van der Waals surface area contributed by atoms with Crippen molar-refractivity contribution in [2.45, 2.75) is 27.3 Å². The maximum atomic E-state index is 12.6. The van der Waals surface area contributed by atoms with E-state index in [1.807, 2.05) is 31.2 Å². The molecule has 0 radical (unpaired) electrons. The Bertz CT molecular complexity index is 912. The molecule has 0 bridgehead atoms. The summed E-state index contributed by atoms with van der Waals surface area (Å²) in [6.45, 7) is 7.33. The van der Waals surface area contributed by atoms with Gasteiger partial charge in [0.15, 0.2) is 0 Å². The fourth-order valence-corrected chi connectivity index (χ4v) is 2.86. The Kier molecular flexibility index (Phi) is 4.15. The molecule has 0 saturated heterocycles. The van der Waals surface area contributed by atoms with Gasteiger partial charge in [0.2, 0.25) is 0 Å². The number of hydrogen-bond acceptors (Lipinski definition) is 3. The average Bonchev–Trinajstić information content (AvgIpc) is 2.52. The van der Waals surface area contributed by atoms with Crippen LogP contribution in [0, 0.1) is 20.8 Å². The summed E-state index contributed by atoms with van der Waals surface area (Å²) in [5.41, 5.74) is 4.35. The Morgan fingerprint density at radius 3 is 2.65 bits per heavy atom.